The van der Waals surface area contributed by atoms with Crippen molar-refractivity contribution in [3.63, 3.8) is 0 Å². The van der Waals surface area contributed by atoms with Crippen molar-refractivity contribution < 1.29 is 27.5 Å². The summed E-state index contributed by atoms with van der Waals surface area (Å²) >= 11 is 0. The van der Waals surface area contributed by atoms with Crippen LogP contribution < -0.4 is 14.4 Å². The minimum absolute atomic E-state index is 0.00111. The first kappa shape index (κ1) is 23.2. The van der Waals surface area contributed by atoms with Gasteiger partial charge in [-0.15, -0.1) is 0 Å². The van der Waals surface area contributed by atoms with Crippen LogP contribution in [0.3, 0.4) is 0 Å². The molecule has 1 atom stereocenters. The molecule has 0 saturated heterocycles. The zero-order valence-electron chi connectivity index (χ0n) is 17.4. The molecule has 0 bridgehead atoms. The van der Waals surface area contributed by atoms with Gasteiger partial charge in [0.25, 0.3) is 15.9 Å². The zero-order valence-corrected chi connectivity index (χ0v) is 18.2. The lowest BCUT2D eigenvalue weighted by molar-refractivity contribution is -0.129. The molecule has 1 amide bonds. The monoisotopic (exact) mass is 434 g/mol. The van der Waals surface area contributed by atoms with Crippen LogP contribution in [0, 0.1) is 0 Å². The summed E-state index contributed by atoms with van der Waals surface area (Å²) in [5, 5.41) is 2.64. The molecule has 2 aromatic carbocycles. The molecular formula is C21H26N2O6S. The summed E-state index contributed by atoms with van der Waals surface area (Å²) in [6.45, 7) is 3.88. The third-order valence-electron chi connectivity index (χ3n) is 4.38. The van der Waals surface area contributed by atoms with E-state index in [0.29, 0.717) is 18.0 Å². The molecule has 0 fully saturated rings. The zero-order chi connectivity index (χ0) is 22.3. The van der Waals surface area contributed by atoms with E-state index in [2.05, 4.69) is 5.32 Å². The van der Waals surface area contributed by atoms with Crippen LogP contribution in [0.25, 0.3) is 0 Å². The number of carbonyl (C=O) groups is 2. The molecule has 0 aromatic heterocycles. The van der Waals surface area contributed by atoms with E-state index in [1.54, 1.807) is 24.3 Å². The van der Waals surface area contributed by atoms with Crippen molar-refractivity contribution in [3.8, 4) is 5.75 Å². The maximum absolute atomic E-state index is 13.0. The van der Waals surface area contributed by atoms with Gasteiger partial charge in [0.15, 0.2) is 6.10 Å². The van der Waals surface area contributed by atoms with Crippen molar-refractivity contribution >= 4 is 27.6 Å². The lowest BCUT2D eigenvalue weighted by Crippen LogP contribution is -2.36. The van der Waals surface area contributed by atoms with Crippen LogP contribution in [0.5, 0.6) is 5.75 Å². The highest BCUT2D eigenvalue weighted by Gasteiger charge is 2.24. The minimum Gasteiger partial charge on any atom is -0.495 e. The van der Waals surface area contributed by atoms with Crippen molar-refractivity contribution in [2.24, 2.45) is 0 Å². The molecule has 0 radical (unpaired) electrons. The lowest BCUT2D eigenvalue weighted by atomic mass is 10.2. The quantitative estimate of drug-likeness (QED) is 0.609. The van der Waals surface area contributed by atoms with E-state index in [1.807, 2.05) is 6.92 Å². The first-order valence-corrected chi connectivity index (χ1v) is 10.9. The predicted molar refractivity (Wildman–Crippen MR) is 113 cm³/mol. The van der Waals surface area contributed by atoms with Crippen molar-refractivity contribution in [2.75, 3.05) is 25.0 Å². The fourth-order valence-corrected chi connectivity index (χ4v) is 3.82. The lowest BCUT2D eigenvalue weighted by Gasteiger charge is -2.21. The van der Waals surface area contributed by atoms with Crippen molar-refractivity contribution in [1.29, 1.82) is 0 Å². The average molecular weight is 435 g/mol. The van der Waals surface area contributed by atoms with E-state index in [9.17, 15) is 18.0 Å². The summed E-state index contributed by atoms with van der Waals surface area (Å²) < 4.78 is 37.4. The molecule has 1 N–H and O–H groups in total. The van der Waals surface area contributed by atoms with E-state index >= 15 is 0 Å². The number of hydrogen-bond donors (Lipinski definition) is 1. The average Bonchev–Trinajstić information content (AvgIpc) is 2.76. The van der Waals surface area contributed by atoms with E-state index in [4.69, 9.17) is 9.47 Å². The van der Waals surface area contributed by atoms with Gasteiger partial charge in [-0.05, 0) is 49.7 Å². The van der Waals surface area contributed by atoms with Gasteiger partial charge in [-0.25, -0.2) is 13.2 Å². The Balaban J connectivity index is 2.16. The number of amides is 1. The number of sulfonamides is 1. The summed E-state index contributed by atoms with van der Waals surface area (Å²) in [6.07, 6.45) is -0.185. The molecule has 162 valence electrons. The third-order valence-corrected chi connectivity index (χ3v) is 6.16. The van der Waals surface area contributed by atoms with Crippen LogP contribution >= 0.6 is 0 Å². The van der Waals surface area contributed by atoms with Crippen LogP contribution in [0.1, 0.15) is 30.6 Å². The second-order valence-corrected chi connectivity index (χ2v) is 8.48. The van der Waals surface area contributed by atoms with E-state index in [1.165, 1.54) is 45.3 Å². The summed E-state index contributed by atoms with van der Waals surface area (Å²) in [5.74, 6) is -0.682. The van der Waals surface area contributed by atoms with Gasteiger partial charge in [-0.2, -0.15) is 0 Å². The second-order valence-electron chi connectivity index (χ2n) is 6.51. The van der Waals surface area contributed by atoms with Gasteiger partial charge in [-0.3, -0.25) is 9.10 Å². The topological polar surface area (TPSA) is 102 Å². The van der Waals surface area contributed by atoms with Gasteiger partial charge in [0.1, 0.15) is 5.75 Å². The molecule has 0 aliphatic carbocycles. The van der Waals surface area contributed by atoms with Crippen molar-refractivity contribution in [3.05, 3.63) is 54.1 Å². The van der Waals surface area contributed by atoms with Gasteiger partial charge in [0, 0.05) is 13.6 Å². The van der Waals surface area contributed by atoms with Crippen LogP contribution in [-0.4, -0.2) is 47.1 Å². The Morgan fingerprint density at radius 1 is 1.10 bits per heavy atom. The Bertz CT molecular complexity index is 989. The number of methoxy groups -OCH3 is 1. The number of anilines is 1. The minimum atomic E-state index is -3.88. The molecule has 0 saturated carbocycles. The molecule has 30 heavy (non-hydrogen) atoms. The van der Waals surface area contributed by atoms with Crippen LogP contribution in [0.2, 0.25) is 0 Å². The number of para-hydroxylation sites is 2. The Morgan fingerprint density at radius 2 is 1.73 bits per heavy atom. The molecule has 8 nitrogen and oxygen atoms in total. The van der Waals surface area contributed by atoms with Gasteiger partial charge < -0.3 is 14.8 Å². The first-order chi connectivity index (χ1) is 14.2. The smallest absolute Gasteiger partial charge is 0.338 e. The number of ether oxygens (including phenoxy) is 2. The molecule has 0 aliphatic heterocycles. The molecule has 2 rings (SSSR count). The Morgan fingerprint density at radius 3 is 2.33 bits per heavy atom. The van der Waals surface area contributed by atoms with Gasteiger partial charge in [-0.1, -0.05) is 19.1 Å². The molecule has 0 spiro atoms. The van der Waals surface area contributed by atoms with Crippen LogP contribution in [-0.2, 0) is 19.6 Å². The molecule has 0 unspecified atom stereocenters. The highest BCUT2D eigenvalue weighted by molar-refractivity contribution is 7.92. The normalized spacial score (nSPS) is 12.0. The maximum atomic E-state index is 13.0. The Labute approximate surface area is 176 Å². The van der Waals surface area contributed by atoms with Gasteiger partial charge in [0.05, 0.1) is 23.3 Å². The Hall–Kier alpha value is -3.07. The fraction of sp³-hybridized carbons (Fsp3) is 0.333. The number of nitrogens with zero attached hydrogens (tertiary/aromatic N) is 1. The number of rotatable bonds is 9. The molecule has 0 aliphatic rings. The SMILES string of the molecule is CCCNC(=O)[C@H](C)OC(=O)c1ccc(S(=O)(=O)N(C)c2ccccc2OC)cc1. The summed E-state index contributed by atoms with van der Waals surface area (Å²) in [6, 6.07) is 12.1. The molecule has 9 heteroatoms. The number of esters is 1. The van der Waals surface area contributed by atoms with Crippen LogP contribution in [0.4, 0.5) is 5.69 Å². The predicted octanol–water partition coefficient (Wildman–Crippen LogP) is 2.59. The van der Waals surface area contributed by atoms with Gasteiger partial charge in [0.2, 0.25) is 0 Å². The third kappa shape index (κ3) is 5.29. The number of hydrogen-bond acceptors (Lipinski definition) is 6. The van der Waals surface area contributed by atoms with E-state index in [-0.39, 0.29) is 16.4 Å². The summed E-state index contributed by atoms with van der Waals surface area (Å²) in [5.41, 5.74) is 0.527. The molecule has 0 heterocycles. The van der Waals surface area contributed by atoms with Gasteiger partial charge >= 0.3 is 5.97 Å². The van der Waals surface area contributed by atoms with Crippen LogP contribution in [0.15, 0.2) is 53.4 Å². The molecular weight excluding hydrogens is 408 g/mol. The highest BCUT2D eigenvalue weighted by Crippen LogP contribution is 2.30. The van der Waals surface area contributed by atoms with E-state index < -0.39 is 22.1 Å². The number of carbonyl (C=O) groups excluding carboxylic acids is 2. The summed E-state index contributed by atoms with van der Waals surface area (Å²) in [7, 11) is -0.993. The number of nitrogens with one attached hydrogen (secondary N) is 1. The maximum Gasteiger partial charge on any atom is 0.338 e. The van der Waals surface area contributed by atoms with Crippen molar-refractivity contribution in [2.45, 2.75) is 31.3 Å². The fourth-order valence-electron chi connectivity index (χ4n) is 2.61. The van der Waals surface area contributed by atoms with E-state index in [0.717, 1.165) is 10.7 Å². The highest BCUT2D eigenvalue weighted by atomic mass is 32.2. The standard InChI is InChI=1S/C21H26N2O6S/c1-5-14-22-20(24)15(2)29-21(25)16-10-12-17(13-11-16)30(26,27)23(3)18-8-6-7-9-19(18)28-4/h6-13,15H,5,14H2,1-4H3,(H,22,24)/t15-/m0/s1. The second kappa shape index (κ2) is 10.1. The largest absolute Gasteiger partial charge is 0.495 e. The molecule has 2 aromatic rings. The first-order valence-electron chi connectivity index (χ1n) is 9.43. The Kier molecular flexibility index (Phi) is 7.82. The number of benzene rings is 2. The summed E-state index contributed by atoms with van der Waals surface area (Å²) in [4.78, 5) is 24.1. The van der Waals surface area contributed by atoms with Crippen molar-refractivity contribution in [1.82, 2.24) is 5.32 Å².